The third-order valence-corrected chi connectivity index (χ3v) is 4.38. The monoisotopic (exact) mass is 423 g/mol. The highest BCUT2D eigenvalue weighted by Gasteiger charge is 2.30. The molecule has 0 aromatic heterocycles. The van der Waals surface area contributed by atoms with E-state index in [1.165, 1.54) is 6.42 Å². The molecule has 0 radical (unpaired) electrons. The first-order chi connectivity index (χ1) is 10.2. The molecule has 0 atom stereocenters. The van der Waals surface area contributed by atoms with Gasteiger partial charge in [-0.3, -0.25) is 14.7 Å². The Balaban J connectivity index is 0.00000242. The minimum atomic E-state index is 0. The molecule has 7 heteroatoms. The standard InChI is InChI=1S/C15H29N5O.HI/c1-2-6-17-15(16)18-7-8-19-9-11-20(12-10-19)14(21)13-4-3-5-13;/h13H,2-12H2,1H3,(H3,16,17,18);1H. The second-order valence-electron chi connectivity index (χ2n) is 5.99. The number of carbonyl (C=O) groups excluding carboxylic acids is 1. The van der Waals surface area contributed by atoms with Gasteiger partial charge in [0.15, 0.2) is 5.96 Å². The van der Waals surface area contributed by atoms with Gasteiger partial charge in [0.2, 0.25) is 5.91 Å². The average Bonchev–Trinajstić information content (AvgIpc) is 2.44. The smallest absolute Gasteiger partial charge is 0.225 e. The van der Waals surface area contributed by atoms with Crippen LogP contribution in [-0.2, 0) is 4.79 Å². The van der Waals surface area contributed by atoms with Crippen molar-refractivity contribution in [3.63, 3.8) is 0 Å². The van der Waals surface area contributed by atoms with E-state index in [1.807, 2.05) is 4.90 Å². The van der Waals surface area contributed by atoms with E-state index in [0.717, 1.165) is 65.1 Å². The number of hydrogen-bond acceptors (Lipinski definition) is 3. The molecule has 0 spiro atoms. The number of guanidine groups is 1. The molecule has 1 amide bonds. The fourth-order valence-electron chi connectivity index (χ4n) is 2.74. The summed E-state index contributed by atoms with van der Waals surface area (Å²) in [4.78, 5) is 20.8. The Morgan fingerprint density at radius 2 is 1.95 bits per heavy atom. The van der Waals surface area contributed by atoms with Crippen LogP contribution in [0.15, 0.2) is 4.99 Å². The maximum Gasteiger partial charge on any atom is 0.225 e. The van der Waals surface area contributed by atoms with Crippen molar-refractivity contribution in [3.8, 4) is 0 Å². The van der Waals surface area contributed by atoms with Crippen LogP contribution in [-0.4, -0.2) is 67.5 Å². The van der Waals surface area contributed by atoms with Gasteiger partial charge in [0.25, 0.3) is 0 Å². The van der Waals surface area contributed by atoms with Crippen LogP contribution in [0.4, 0.5) is 0 Å². The number of hydrogen-bond donors (Lipinski definition) is 2. The summed E-state index contributed by atoms with van der Waals surface area (Å²) in [5.41, 5.74) is 5.76. The van der Waals surface area contributed by atoms with Crippen LogP contribution in [0.2, 0.25) is 0 Å². The molecule has 1 saturated heterocycles. The number of nitrogens with two attached hydrogens (primary N) is 1. The molecule has 0 bridgehead atoms. The lowest BCUT2D eigenvalue weighted by Crippen LogP contribution is -2.52. The Kier molecular flexibility index (Phi) is 9.08. The first-order valence-corrected chi connectivity index (χ1v) is 8.25. The van der Waals surface area contributed by atoms with E-state index in [0.29, 0.717) is 17.8 Å². The molecular formula is C15H30IN5O. The number of halogens is 1. The fourth-order valence-corrected chi connectivity index (χ4v) is 2.74. The second kappa shape index (κ2) is 10.3. The second-order valence-corrected chi connectivity index (χ2v) is 5.99. The van der Waals surface area contributed by atoms with E-state index < -0.39 is 0 Å². The summed E-state index contributed by atoms with van der Waals surface area (Å²) in [6.45, 7) is 8.30. The molecule has 3 N–H and O–H groups in total. The number of piperazine rings is 1. The Morgan fingerprint density at radius 3 is 2.50 bits per heavy atom. The van der Waals surface area contributed by atoms with E-state index in [2.05, 4.69) is 22.1 Å². The molecule has 1 aliphatic carbocycles. The molecule has 1 heterocycles. The van der Waals surface area contributed by atoms with Gasteiger partial charge in [0.05, 0.1) is 0 Å². The van der Waals surface area contributed by atoms with Crippen molar-refractivity contribution in [1.29, 1.82) is 0 Å². The topological polar surface area (TPSA) is 74.0 Å². The van der Waals surface area contributed by atoms with E-state index in [9.17, 15) is 4.79 Å². The number of nitrogens with zero attached hydrogens (tertiary/aromatic N) is 3. The van der Waals surface area contributed by atoms with Crippen LogP contribution in [0.5, 0.6) is 0 Å². The Hall–Kier alpha value is -0.570. The third-order valence-electron chi connectivity index (χ3n) is 4.38. The summed E-state index contributed by atoms with van der Waals surface area (Å²) in [5.74, 6) is 1.25. The number of amides is 1. The van der Waals surface area contributed by atoms with Gasteiger partial charge in [0.1, 0.15) is 0 Å². The van der Waals surface area contributed by atoms with Gasteiger partial charge >= 0.3 is 0 Å². The van der Waals surface area contributed by atoms with E-state index in [4.69, 9.17) is 5.73 Å². The van der Waals surface area contributed by atoms with Crippen molar-refractivity contribution < 1.29 is 4.79 Å². The van der Waals surface area contributed by atoms with Crippen LogP contribution in [0.1, 0.15) is 32.6 Å². The largest absolute Gasteiger partial charge is 0.370 e. The fraction of sp³-hybridized carbons (Fsp3) is 0.867. The molecule has 1 aliphatic heterocycles. The Labute approximate surface area is 150 Å². The summed E-state index contributed by atoms with van der Waals surface area (Å²) < 4.78 is 0. The zero-order chi connectivity index (χ0) is 15.1. The lowest BCUT2D eigenvalue weighted by molar-refractivity contribution is -0.139. The molecular weight excluding hydrogens is 393 g/mol. The van der Waals surface area contributed by atoms with Crippen molar-refractivity contribution in [2.45, 2.75) is 32.6 Å². The number of nitrogens with one attached hydrogen (secondary N) is 1. The quantitative estimate of drug-likeness (QED) is 0.378. The molecule has 6 nitrogen and oxygen atoms in total. The molecule has 2 aliphatic rings. The van der Waals surface area contributed by atoms with E-state index in [1.54, 1.807) is 0 Å². The zero-order valence-electron chi connectivity index (χ0n) is 13.6. The lowest BCUT2D eigenvalue weighted by Gasteiger charge is -2.38. The summed E-state index contributed by atoms with van der Waals surface area (Å²) in [5, 5.41) is 3.14. The van der Waals surface area contributed by atoms with Gasteiger partial charge < -0.3 is 16.0 Å². The molecule has 0 aromatic carbocycles. The van der Waals surface area contributed by atoms with Crippen LogP contribution in [0.3, 0.4) is 0 Å². The number of carbonyl (C=O) groups is 1. The number of rotatable bonds is 6. The van der Waals surface area contributed by atoms with E-state index >= 15 is 0 Å². The van der Waals surface area contributed by atoms with Gasteiger partial charge in [-0.05, 0) is 19.3 Å². The van der Waals surface area contributed by atoms with Crippen LogP contribution in [0, 0.1) is 5.92 Å². The first kappa shape index (κ1) is 19.5. The van der Waals surface area contributed by atoms with Crippen molar-refractivity contribution in [1.82, 2.24) is 15.1 Å². The number of aliphatic imine (C=N–C) groups is 1. The average molecular weight is 423 g/mol. The van der Waals surface area contributed by atoms with Crippen molar-refractivity contribution in [2.75, 3.05) is 45.8 Å². The van der Waals surface area contributed by atoms with Gasteiger partial charge in [-0.25, -0.2) is 0 Å². The van der Waals surface area contributed by atoms with Crippen LogP contribution in [0.25, 0.3) is 0 Å². The van der Waals surface area contributed by atoms with Gasteiger partial charge in [-0.15, -0.1) is 24.0 Å². The van der Waals surface area contributed by atoms with E-state index in [-0.39, 0.29) is 24.0 Å². The predicted molar refractivity (Wildman–Crippen MR) is 101 cm³/mol. The van der Waals surface area contributed by atoms with Gasteiger partial charge in [-0.1, -0.05) is 13.3 Å². The summed E-state index contributed by atoms with van der Waals surface area (Å²) in [7, 11) is 0. The summed E-state index contributed by atoms with van der Waals surface area (Å²) >= 11 is 0. The first-order valence-electron chi connectivity index (χ1n) is 8.25. The molecule has 2 rings (SSSR count). The molecule has 1 saturated carbocycles. The van der Waals surface area contributed by atoms with Crippen molar-refractivity contribution in [3.05, 3.63) is 0 Å². The summed E-state index contributed by atoms with van der Waals surface area (Å²) in [6, 6.07) is 0. The predicted octanol–water partition coefficient (Wildman–Crippen LogP) is 0.863. The van der Waals surface area contributed by atoms with Gasteiger partial charge in [0, 0.05) is 51.7 Å². The lowest BCUT2D eigenvalue weighted by atomic mass is 9.84. The van der Waals surface area contributed by atoms with Crippen molar-refractivity contribution >= 4 is 35.8 Å². The Bertz CT molecular complexity index is 365. The molecule has 0 aromatic rings. The molecule has 0 unspecified atom stereocenters. The highest BCUT2D eigenvalue weighted by Crippen LogP contribution is 2.28. The van der Waals surface area contributed by atoms with Crippen molar-refractivity contribution in [2.24, 2.45) is 16.6 Å². The highest BCUT2D eigenvalue weighted by atomic mass is 127. The van der Waals surface area contributed by atoms with Crippen LogP contribution >= 0.6 is 24.0 Å². The highest BCUT2D eigenvalue weighted by molar-refractivity contribution is 14.0. The zero-order valence-corrected chi connectivity index (χ0v) is 15.9. The minimum Gasteiger partial charge on any atom is -0.370 e. The summed E-state index contributed by atoms with van der Waals surface area (Å²) in [6.07, 6.45) is 4.43. The minimum absolute atomic E-state index is 0. The molecule has 128 valence electrons. The maximum absolute atomic E-state index is 12.2. The SMILES string of the molecule is CCCN=C(N)NCCN1CCN(C(=O)C2CCC2)CC1.I. The molecule has 22 heavy (non-hydrogen) atoms. The maximum atomic E-state index is 12.2. The van der Waals surface area contributed by atoms with Crippen LogP contribution < -0.4 is 11.1 Å². The normalized spacial score (nSPS) is 20.2. The van der Waals surface area contributed by atoms with Gasteiger partial charge in [-0.2, -0.15) is 0 Å². The third kappa shape index (κ3) is 5.91. The Morgan fingerprint density at radius 1 is 1.27 bits per heavy atom. The molecule has 2 fully saturated rings.